The largest absolute Gasteiger partial charge is 0.503 e. The summed E-state index contributed by atoms with van der Waals surface area (Å²) in [4.78, 5) is 32.1. The van der Waals surface area contributed by atoms with Crippen LogP contribution in [0.25, 0.3) is 11.0 Å². The summed E-state index contributed by atoms with van der Waals surface area (Å²) in [5.41, 5.74) is 1.14. The molecule has 1 aliphatic heterocycles. The highest BCUT2D eigenvalue weighted by Crippen LogP contribution is 2.43. The van der Waals surface area contributed by atoms with Gasteiger partial charge in [0.05, 0.1) is 18.2 Å². The van der Waals surface area contributed by atoms with E-state index in [1.54, 1.807) is 48.0 Å². The summed E-state index contributed by atoms with van der Waals surface area (Å²) in [6.45, 7) is 2.40. The number of fused-ring (bicyclic) bond motifs is 1. The smallest absolute Gasteiger partial charge is 0.296 e. The fourth-order valence-electron chi connectivity index (χ4n) is 3.82. The highest BCUT2D eigenvalue weighted by Gasteiger charge is 2.46. The number of ketones is 1. The van der Waals surface area contributed by atoms with E-state index in [-0.39, 0.29) is 11.3 Å². The van der Waals surface area contributed by atoms with Crippen LogP contribution in [0.1, 0.15) is 29.1 Å². The van der Waals surface area contributed by atoms with E-state index in [9.17, 15) is 14.7 Å². The molecule has 0 saturated heterocycles. The summed E-state index contributed by atoms with van der Waals surface area (Å²) < 4.78 is 11.2. The van der Waals surface area contributed by atoms with Crippen molar-refractivity contribution in [2.75, 3.05) is 11.5 Å². The zero-order valence-corrected chi connectivity index (χ0v) is 17.8. The van der Waals surface area contributed by atoms with Crippen LogP contribution in [0.4, 0.5) is 5.13 Å². The van der Waals surface area contributed by atoms with Gasteiger partial charge in [0.25, 0.3) is 5.91 Å². The van der Waals surface area contributed by atoms with Crippen molar-refractivity contribution in [2.24, 2.45) is 0 Å². The lowest BCUT2D eigenvalue weighted by Crippen LogP contribution is -2.30. The van der Waals surface area contributed by atoms with Gasteiger partial charge in [-0.2, -0.15) is 0 Å². The summed E-state index contributed by atoms with van der Waals surface area (Å²) in [5.74, 6) is -1.12. The van der Waals surface area contributed by atoms with E-state index < -0.39 is 23.5 Å². The first-order chi connectivity index (χ1) is 15.6. The predicted octanol–water partition coefficient (Wildman–Crippen LogP) is 5.07. The van der Waals surface area contributed by atoms with Crippen LogP contribution in [0.15, 0.2) is 81.9 Å². The van der Waals surface area contributed by atoms with Gasteiger partial charge < -0.3 is 14.3 Å². The SMILES string of the molecule is CCOc1ccc(C2C(C(=O)c3cc4ccccc4o3)=C(O)C(=O)N2c2nccs2)cc1. The number of hydrogen-bond acceptors (Lipinski definition) is 7. The standard InChI is InChI=1S/C24H18N2O5S/c1-2-30-16-9-7-14(8-10-16)20-19(22(28)23(29)26(20)24-25-11-12-32-24)21(27)18-13-15-5-3-4-6-17(15)31-18/h3-13,20,28H,2H2,1H3. The number of hydrogen-bond donors (Lipinski definition) is 1. The van der Waals surface area contributed by atoms with Crippen LogP contribution >= 0.6 is 11.3 Å². The number of nitrogens with zero attached hydrogens (tertiary/aromatic N) is 2. The number of carbonyl (C=O) groups is 2. The Labute approximate surface area is 187 Å². The van der Waals surface area contributed by atoms with Crippen molar-refractivity contribution in [3.05, 3.63) is 88.8 Å². The molecule has 0 saturated carbocycles. The van der Waals surface area contributed by atoms with Crippen LogP contribution in [0, 0.1) is 0 Å². The van der Waals surface area contributed by atoms with Gasteiger partial charge in [0, 0.05) is 17.0 Å². The number of aliphatic hydroxyl groups excluding tert-OH is 1. The average Bonchev–Trinajstić information content (AvgIpc) is 3.53. The second-order valence-electron chi connectivity index (χ2n) is 7.13. The molecule has 5 rings (SSSR count). The van der Waals surface area contributed by atoms with E-state index >= 15 is 0 Å². The third-order valence-electron chi connectivity index (χ3n) is 5.23. The minimum Gasteiger partial charge on any atom is -0.503 e. The molecule has 1 aliphatic rings. The molecule has 0 fully saturated rings. The molecule has 0 spiro atoms. The molecular formula is C24H18N2O5S. The van der Waals surface area contributed by atoms with Gasteiger partial charge in [-0.1, -0.05) is 30.3 Å². The fourth-order valence-corrected chi connectivity index (χ4v) is 4.49. The van der Waals surface area contributed by atoms with Gasteiger partial charge in [-0.15, -0.1) is 11.3 Å². The number of anilines is 1. The van der Waals surface area contributed by atoms with E-state index in [1.807, 2.05) is 25.1 Å². The number of ether oxygens (including phenoxy) is 1. The molecule has 1 atom stereocenters. The quantitative estimate of drug-likeness (QED) is 0.416. The lowest BCUT2D eigenvalue weighted by atomic mass is 9.95. The molecular weight excluding hydrogens is 428 g/mol. The fraction of sp³-hybridized carbons (Fsp3) is 0.125. The number of carbonyl (C=O) groups excluding carboxylic acids is 2. The number of amides is 1. The summed E-state index contributed by atoms with van der Waals surface area (Å²) >= 11 is 1.25. The van der Waals surface area contributed by atoms with E-state index in [4.69, 9.17) is 9.15 Å². The molecule has 2 aromatic carbocycles. The second-order valence-corrected chi connectivity index (χ2v) is 8.01. The first kappa shape index (κ1) is 20.0. The summed E-state index contributed by atoms with van der Waals surface area (Å²) in [7, 11) is 0. The number of furan rings is 1. The van der Waals surface area contributed by atoms with E-state index in [0.29, 0.717) is 28.6 Å². The van der Waals surface area contributed by atoms with Gasteiger partial charge in [0.15, 0.2) is 16.7 Å². The highest BCUT2D eigenvalue weighted by atomic mass is 32.1. The minimum atomic E-state index is -0.856. The van der Waals surface area contributed by atoms with Crippen molar-refractivity contribution >= 4 is 39.1 Å². The molecule has 1 unspecified atom stereocenters. The summed E-state index contributed by atoms with van der Waals surface area (Å²) in [6.07, 6.45) is 1.57. The Kier molecular flexibility index (Phi) is 4.99. The van der Waals surface area contributed by atoms with E-state index in [2.05, 4.69) is 4.98 Å². The van der Waals surface area contributed by atoms with Crippen LogP contribution in [-0.4, -0.2) is 28.4 Å². The van der Waals surface area contributed by atoms with Crippen molar-refractivity contribution in [1.82, 2.24) is 4.98 Å². The van der Waals surface area contributed by atoms with Gasteiger partial charge >= 0.3 is 0 Å². The average molecular weight is 446 g/mol. The van der Waals surface area contributed by atoms with Crippen molar-refractivity contribution in [3.63, 3.8) is 0 Å². The number of thiazole rings is 1. The van der Waals surface area contributed by atoms with Gasteiger partial charge in [0.2, 0.25) is 5.78 Å². The first-order valence-corrected chi connectivity index (χ1v) is 10.9. The minimum absolute atomic E-state index is 0.0478. The first-order valence-electron chi connectivity index (χ1n) is 10.0. The Morgan fingerprint density at radius 3 is 2.69 bits per heavy atom. The van der Waals surface area contributed by atoms with Crippen LogP contribution in [-0.2, 0) is 4.79 Å². The molecule has 160 valence electrons. The molecule has 1 N–H and O–H groups in total. The van der Waals surface area contributed by atoms with Crippen LogP contribution < -0.4 is 9.64 Å². The zero-order valence-electron chi connectivity index (χ0n) is 17.0. The third kappa shape index (κ3) is 3.25. The Hall–Kier alpha value is -3.91. The van der Waals surface area contributed by atoms with Crippen LogP contribution in [0.5, 0.6) is 5.75 Å². The maximum Gasteiger partial charge on any atom is 0.296 e. The Morgan fingerprint density at radius 2 is 2.00 bits per heavy atom. The number of Topliss-reactive ketones (excluding diaryl/α,β-unsaturated/α-hetero) is 1. The molecule has 8 heteroatoms. The topological polar surface area (TPSA) is 92.9 Å². The number of para-hydroxylation sites is 1. The monoisotopic (exact) mass is 446 g/mol. The van der Waals surface area contributed by atoms with Gasteiger partial charge in [-0.05, 0) is 36.8 Å². The van der Waals surface area contributed by atoms with Gasteiger partial charge in [0.1, 0.15) is 11.3 Å². The Balaban J connectivity index is 1.62. The molecule has 0 radical (unpaired) electrons. The van der Waals surface area contributed by atoms with Crippen molar-refractivity contribution < 1.29 is 23.8 Å². The predicted molar refractivity (Wildman–Crippen MR) is 120 cm³/mol. The molecule has 2 aromatic heterocycles. The maximum absolute atomic E-state index is 13.5. The molecule has 3 heterocycles. The Morgan fingerprint density at radius 1 is 1.22 bits per heavy atom. The number of benzene rings is 2. The van der Waals surface area contributed by atoms with Crippen LogP contribution in [0.2, 0.25) is 0 Å². The number of rotatable bonds is 6. The normalized spacial score (nSPS) is 16.2. The summed E-state index contributed by atoms with van der Waals surface area (Å²) in [6, 6.07) is 15.1. The number of aliphatic hydroxyl groups is 1. The van der Waals surface area contributed by atoms with E-state index in [0.717, 1.165) is 5.39 Å². The van der Waals surface area contributed by atoms with Gasteiger partial charge in [-0.25, -0.2) is 4.98 Å². The molecule has 0 bridgehead atoms. The molecule has 4 aromatic rings. The van der Waals surface area contributed by atoms with Crippen molar-refractivity contribution in [1.29, 1.82) is 0 Å². The van der Waals surface area contributed by atoms with Crippen molar-refractivity contribution in [3.8, 4) is 5.75 Å². The Bertz CT molecular complexity index is 1310. The molecule has 32 heavy (non-hydrogen) atoms. The highest BCUT2D eigenvalue weighted by molar-refractivity contribution is 7.13. The third-order valence-corrected chi connectivity index (χ3v) is 6.01. The lowest BCUT2D eigenvalue weighted by molar-refractivity contribution is -0.117. The molecule has 0 aliphatic carbocycles. The van der Waals surface area contributed by atoms with Crippen LogP contribution in [0.3, 0.4) is 0 Å². The maximum atomic E-state index is 13.5. The summed E-state index contributed by atoms with van der Waals surface area (Å²) in [5, 5.41) is 13.7. The van der Waals surface area contributed by atoms with Gasteiger partial charge in [-0.3, -0.25) is 14.5 Å². The van der Waals surface area contributed by atoms with Crippen molar-refractivity contribution in [2.45, 2.75) is 13.0 Å². The molecule has 7 nitrogen and oxygen atoms in total. The molecule has 1 amide bonds. The lowest BCUT2D eigenvalue weighted by Gasteiger charge is -2.24. The van der Waals surface area contributed by atoms with E-state index in [1.165, 1.54) is 16.2 Å². The zero-order chi connectivity index (χ0) is 22.2. The number of aromatic nitrogens is 1. The second kappa shape index (κ2) is 7.97.